The molecular formula is C27H38F3NO4. The number of hydrogen-bond donors (Lipinski definition) is 0. The van der Waals surface area contributed by atoms with Crippen molar-refractivity contribution in [2.24, 2.45) is 0 Å². The number of ketones is 1. The molecule has 1 fully saturated rings. The summed E-state index contributed by atoms with van der Waals surface area (Å²) < 4.78 is 44.8. The lowest BCUT2D eigenvalue weighted by atomic mass is 10.0. The molecule has 1 aliphatic rings. The van der Waals surface area contributed by atoms with E-state index in [9.17, 15) is 27.6 Å². The average Bonchev–Trinajstić information content (AvgIpc) is 3.30. The molecule has 0 aromatic heterocycles. The van der Waals surface area contributed by atoms with E-state index in [1.807, 2.05) is 0 Å². The molecule has 0 bridgehead atoms. The predicted molar refractivity (Wildman–Crippen MR) is 128 cm³/mol. The van der Waals surface area contributed by atoms with E-state index in [1.165, 1.54) is 62.5 Å². The molecule has 5 nitrogen and oxygen atoms in total. The minimum atomic E-state index is -4.71. The molecule has 0 saturated carbocycles. The van der Waals surface area contributed by atoms with Gasteiger partial charge in [-0.1, -0.05) is 70.4 Å². The Morgan fingerprint density at radius 2 is 1.63 bits per heavy atom. The van der Waals surface area contributed by atoms with E-state index in [0.29, 0.717) is 25.8 Å². The summed E-state index contributed by atoms with van der Waals surface area (Å²) in [6.07, 6.45) is 7.09. The van der Waals surface area contributed by atoms with Crippen LogP contribution in [-0.2, 0) is 20.5 Å². The second-order valence-electron chi connectivity index (χ2n) is 9.36. The Bertz CT molecular complexity index is 853. The van der Waals surface area contributed by atoms with Crippen molar-refractivity contribution in [3.05, 3.63) is 34.9 Å². The van der Waals surface area contributed by atoms with Crippen molar-refractivity contribution in [2.75, 3.05) is 13.2 Å². The number of alkyl halides is 3. The van der Waals surface area contributed by atoms with Crippen LogP contribution < -0.4 is 0 Å². The number of amides is 1. The largest absolute Gasteiger partial charge is 0.454 e. The Hall–Kier alpha value is -2.38. The van der Waals surface area contributed by atoms with Crippen LogP contribution in [-0.4, -0.2) is 41.8 Å². The Labute approximate surface area is 206 Å². The van der Waals surface area contributed by atoms with Gasteiger partial charge in [0.05, 0.1) is 17.2 Å². The predicted octanol–water partition coefficient (Wildman–Crippen LogP) is 6.65. The second kappa shape index (κ2) is 14.2. The molecule has 35 heavy (non-hydrogen) atoms. The highest BCUT2D eigenvalue weighted by molar-refractivity contribution is 5.96. The number of carbonyl (C=O) groups is 3. The average molecular weight is 498 g/mol. The monoisotopic (exact) mass is 497 g/mol. The molecule has 1 amide bonds. The summed E-state index contributed by atoms with van der Waals surface area (Å²) in [6, 6.07) is 2.73. The van der Waals surface area contributed by atoms with Gasteiger partial charge in [-0.2, -0.15) is 13.2 Å². The van der Waals surface area contributed by atoms with Crippen LogP contribution in [0.25, 0.3) is 0 Å². The topological polar surface area (TPSA) is 63.7 Å². The minimum absolute atomic E-state index is 0.0895. The standard InChI is InChI=1S/C27H38F3NO4/c1-3-4-5-6-7-8-9-10-11-17-24(33)31-18-13-16-22(31)23(32)19-35-26(34)25-20(2)14-12-15-21(25)27(28,29)30/h12,14-15,22H,3-11,13,16-19H2,1-2H3/t22-/m0/s1. The summed E-state index contributed by atoms with van der Waals surface area (Å²) in [6.45, 7) is 3.39. The van der Waals surface area contributed by atoms with Crippen LogP contribution in [0.15, 0.2) is 18.2 Å². The zero-order chi connectivity index (χ0) is 25.8. The van der Waals surface area contributed by atoms with Crippen LogP contribution in [0, 0.1) is 6.92 Å². The number of hydrogen-bond acceptors (Lipinski definition) is 4. The molecular weight excluding hydrogens is 459 g/mol. The fourth-order valence-electron chi connectivity index (χ4n) is 4.61. The number of carbonyl (C=O) groups excluding carboxylic acids is 3. The van der Waals surface area contributed by atoms with Gasteiger partial charge in [0.15, 0.2) is 12.4 Å². The fourth-order valence-corrected chi connectivity index (χ4v) is 4.61. The van der Waals surface area contributed by atoms with E-state index in [-0.39, 0.29) is 11.5 Å². The van der Waals surface area contributed by atoms with Crippen molar-refractivity contribution in [1.82, 2.24) is 4.90 Å². The molecule has 1 atom stereocenters. The first-order chi connectivity index (χ1) is 16.7. The Morgan fingerprint density at radius 1 is 1.00 bits per heavy atom. The molecule has 1 aromatic carbocycles. The number of Topliss-reactive ketones (excluding diaryl/α,β-unsaturated/α-hetero) is 1. The number of aryl methyl sites for hydroxylation is 1. The first-order valence-corrected chi connectivity index (χ1v) is 12.8. The number of esters is 1. The van der Waals surface area contributed by atoms with Gasteiger partial charge >= 0.3 is 12.1 Å². The first kappa shape index (κ1) is 28.9. The lowest BCUT2D eigenvalue weighted by molar-refractivity contribution is -0.139. The Balaban J connectivity index is 1.80. The van der Waals surface area contributed by atoms with Gasteiger partial charge in [-0.3, -0.25) is 9.59 Å². The molecule has 1 aliphatic heterocycles. The highest BCUT2D eigenvalue weighted by atomic mass is 19.4. The molecule has 0 unspecified atom stereocenters. The van der Waals surface area contributed by atoms with Crippen molar-refractivity contribution >= 4 is 17.7 Å². The molecule has 2 rings (SSSR count). The third kappa shape index (κ3) is 8.97. The Morgan fingerprint density at radius 3 is 2.26 bits per heavy atom. The minimum Gasteiger partial charge on any atom is -0.454 e. The lowest BCUT2D eigenvalue weighted by Gasteiger charge is -2.24. The highest BCUT2D eigenvalue weighted by Crippen LogP contribution is 2.33. The van der Waals surface area contributed by atoms with Crippen LogP contribution in [0.1, 0.15) is 105 Å². The molecule has 1 saturated heterocycles. The maximum absolute atomic E-state index is 13.3. The highest BCUT2D eigenvalue weighted by Gasteiger charge is 2.37. The summed E-state index contributed by atoms with van der Waals surface area (Å²) in [5.74, 6) is -1.74. The first-order valence-electron chi connectivity index (χ1n) is 12.8. The maximum atomic E-state index is 13.3. The van der Waals surface area contributed by atoms with Crippen molar-refractivity contribution in [2.45, 2.75) is 103 Å². The van der Waals surface area contributed by atoms with Gasteiger partial charge in [0.2, 0.25) is 5.91 Å². The summed E-state index contributed by atoms with van der Waals surface area (Å²) in [7, 11) is 0. The van der Waals surface area contributed by atoms with E-state index in [2.05, 4.69) is 6.92 Å². The van der Waals surface area contributed by atoms with E-state index >= 15 is 0 Å². The van der Waals surface area contributed by atoms with Crippen molar-refractivity contribution in [3.63, 3.8) is 0 Å². The van der Waals surface area contributed by atoms with Crippen LogP contribution >= 0.6 is 0 Å². The summed E-state index contributed by atoms with van der Waals surface area (Å²) in [4.78, 5) is 39.3. The van der Waals surface area contributed by atoms with Gasteiger partial charge in [0.25, 0.3) is 0 Å². The summed E-state index contributed by atoms with van der Waals surface area (Å²) in [5.41, 5.74) is -1.55. The molecule has 0 spiro atoms. The zero-order valence-electron chi connectivity index (χ0n) is 20.9. The molecule has 196 valence electrons. The van der Waals surface area contributed by atoms with E-state index in [1.54, 1.807) is 0 Å². The van der Waals surface area contributed by atoms with Crippen LogP contribution in [0.4, 0.5) is 13.2 Å². The van der Waals surface area contributed by atoms with Gasteiger partial charge in [-0.25, -0.2) is 4.79 Å². The van der Waals surface area contributed by atoms with Crippen molar-refractivity contribution in [3.8, 4) is 0 Å². The molecule has 0 aliphatic carbocycles. The summed E-state index contributed by atoms with van der Waals surface area (Å²) >= 11 is 0. The van der Waals surface area contributed by atoms with Crippen LogP contribution in [0.2, 0.25) is 0 Å². The smallest absolute Gasteiger partial charge is 0.417 e. The zero-order valence-corrected chi connectivity index (χ0v) is 20.9. The third-order valence-electron chi connectivity index (χ3n) is 6.57. The van der Waals surface area contributed by atoms with E-state index in [4.69, 9.17) is 4.74 Å². The van der Waals surface area contributed by atoms with Gasteiger partial charge in [0.1, 0.15) is 0 Å². The molecule has 8 heteroatoms. The van der Waals surface area contributed by atoms with E-state index in [0.717, 1.165) is 25.3 Å². The van der Waals surface area contributed by atoms with Gasteiger partial charge in [-0.05, 0) is 37.8 Å². The number of nitrogens with zero attached hydrogens (tertiary/aromatic N) is 1. The molecule has 0 radical (unpaired) electrons. The number of ether oxygens (including phenoxy) is 1. The SMILES string of the molecule is CCCCCCCCCCCC(=O)N1CCC[C@H]1C(=O)COC(=O)c1c(C)cccc1C(F)(F)F. The van der Waals surface area contributed by atoms with Crippen LogP contribution in [0.5, 0.6) is 0 Å². The number of likely N-dealkylation sites (tertiary alicyclic amines) is 1. The number of benzene rings is 1. The number of halogens is 3. The molecule has 1 aromatic rings. The third-order valence-corrected chi connectivity index (χ3v) is 6.57. The maximum Gasteiger partial charge on any atom is 0.417 e. The van der Waals surface area contributed by atoms with E-state index < -0.39 is 41.7 Å². The van der Waals surface area contributed by atoms with Crippen molar-refractivity contribution in [1.29, 1.82) is 0 Å². The van der Waals surface area contributed by atoms with Crippen molar-refractivity contribution < 1.29 is 32.3 Å². The van der Waals surface area contributed by atoms with Crippen LogP contribution in [0.3, 0.4) is 0 Å². The quantitative estimate of drug-likeness (QED) is 0.213. The second-order valence-corrected chi connectivity index (χ2v) is 9.36. The normalized spacial score (nSPS) is 15.9. The summed E-state index contributed by atoms with van der Waals surface area (Å²) in [5, 5.41) is 0. The van der Waals surface area contributed by atoms with Gasteiger partial charge < -0.3 is 9.64 Å². The number of rotatable bonds is 14. The Kier molecular flexibility index (Phi) is 11.7. The molecule has 0 N–H and O–H groups in total. The van der Waals surface area contributed by atoms with Gasteiger partial charge in [0, 0.05) is 13.0 Å². The number of unbranched alkanes of at least 4 members (excludes halogenated alkanes) is 8. The lowest BCUT2D eigenvalue weighted by Crippen LogP contribution is -2.42. The van der Waals surface area contributed by atoms with Gasteiger partial charge in [-0.15, -0.1) is 0 Å². The fraction of sp³-hybridized carbons (Fsp3) is 0.667. The molecule has 1 heterocycles.